The summed E-state index contributed by atoms with van der Waals surface area (Å²) in [7, 11) is -1.54. The lowest BCUT2D eigenvalue weighted by atomic mass is 10.3. The molecular formula is C15H19FN4OSi. The van der Waals surface area contributed by atoms with Gasteiger partial charge in [0.05, 0.1) is 38.4 Å². The van der Waals surface area contributed by atoms with Crippen molar-refractivity contribution >= 4 is 31.2 Å². The molecule has 116 valence electrons. The van der Waals surface area contributed by atoms with E-state index in [0.29, 0.717) is 23.6 Å². The summed E-state index contributed by atoms with van der Waals surface area (Å²) in [6.07, 6.45) is 3.65. The van der Waals surface area contributed by atoms with Crippen LogP contribution >= 0.6 is 0 Å². The van der Waals surface area contributed by atoms with Crippen LogP contribution in [0, 0.1) is 5.82 Å². The highest BCUT2D eigenvalue weighted by molar-refractivity contribution is 6.88. The van der Waals surface area contributed by atoms with Crippen LogP contribution in [0.3, 0.4) is 0 Å². The number of amides is 1. The Hall–Kier alpha value is -2.28. The number of rotatable bonds is 6. The molecular weight excluding hydrogens is 299 g/mol. The highest BCUT2D eigenvalue weighted by Gasteiger charge is 2.18. The van der Waals surface area contributed by atoms with Crippen molar-refractivity contribution in [3.05, 3.63) is 42.1 Å². The lowest BCUT2D eigenvalue weighted by Crippen LogP contribution is -2.37. The van der Waals surface area contributed by atoms with Crippen molar-refractivity contribution in [3.8, 4) is 0 Å². The summed E-state index contributed by atoms with van der Waals surface area (Å²) >= 11 is 0. The van der Waals surface area contributed by atoms with Gasteiger partial charge < -0.3 is 10.6 Å². The largest absolute Gasteiger partial charge is 0.353 e. The number of aromatic nitrogens is 2. The number of carbonyl (C=O) groups excluding carboxylic acids is 1. The molecule has 0 saturated heterocycles. The van der Waals surface area contributed by atoms with E-state index in [4.69, 9.17) is 0 Å². The van der Waals surface area contributed by atoms with E-state index in [1.807, 2.05) is 6.07 Å². The zero-order valence-electron chi connectivity index (χ0n) is 12.9. The standard InChI is InChI=1S/C15H19FN4OSi/c1-22(2,3)12-4-5-14(13(16)6-12)20-15-9-17-7-11(19-15)8-18-10-21/h4-7,9-10H,8H2,1-3H3,(H,18,21)(H,19,20). The maximum Gasteiger partial charge on any atom is 0.207 e. The van der Waals surface area contributed by atoms with Crippen LogP contribution in [-0.2, 0) is 11.3 Å². The van der Waals surface area contributed by atoms with E-state index in [1.165, 1.54) is 6.20 Å². The van der Waals surface area contributed by atoms with Gasteiger partial charge in [-0.05, 0) is 12.1 Å². The third kappa shape index (κ3) is 4.11. The van der Waals surface area contributed by atoms with Crippen molar-refractivity contribution in [1.82, 2.24) is 15.3 Å². The second-order valence-corrected chi connectivity index (χ2v) is 11.0. The Kier molecular flexibility index (Phi) is 4.87. The molecule has 2 rings (SSSR count). The van der Waals surface area contributed by atoms with Gasteiger partial charge in [0.25, 0.3) is 0 Å². The van der Waals surface area contributed by atoms with Crippen molar-refractivity contribution in [2.75, 3.05) is 5.32 Å². The van der Waals surface area contributed by atoms with Gasteiger partial charge in [-0.1, -0.05) is 30.9 Å². The first-order valence-corrected chi connectivity index (χ1v) is 10.4. The van der Waals surface area contributed by atoms with E-state index in [0.717, 1.165) is 5.19 Å². The highest BCUT2D eigenvalue weighted by atomic mass is 28.3. The number of hydrogen-bond acceptors (Lipinski definition) is 4. The fourth-order valence-electron chi connectivity index (χ4n) is 1.92. The molecule has 2 N–H and O–H groups in total. The van der Waals surface area contributed by atoms with Crippen LogP contribution in [0.5, 0.6) is 0 Å². The first-order valence-electron chi connectivity index (χ1n) is 6.95. The molecule has 0 aliphatic carbocycles. The van der Waals surface area contributed by atoms with Crippen LogP contribution in [0.25, 0.3) is 0 Å². The number of nitrogens with zero attached hydrogens (tertiary/aromatic N) is 2. The molecule has 0 fully saturated rings. The zero-order chi connectivity index (χ0) is 16.2. The number of carbonyl (C=O) groups is 1. The molecule has 7 heteroatoms. The predicted molar refractivity (Wildman–Crippen MR) is 87.6 cm³/mol. The smallest absolute Gasteiger partial charge is 0.207 e. The van der Waals surface area contributed by atoms with E-state index >= 15 is 0 Å². The van der Waals surface area contributed by atoms with Crippen molar-refractivity contribution in [2.45, 2.75) is 26.2 Å². The van der Waals surface area contributed by atoms with Crippen LogP contribution in [0.4, 0.5) is 15.9 Å². The molecule has 0 unspecified atom stereocenters. The van der Waals surface area contributed by atoms with Gasteiger partial charge in [-0.3, -0.25) is 9.78 Å². The van der Waals surface area contributed by atoms with Crippen molar-refractivity contribution in [2.24, 2.45) is 0 Å². The van der Waals surface area contributed by atoms with Gasteiger partial charge in [0.15, 0.2) is 0 Å². The minimum Gasteiger partial charge on any atom is -0.353 e. The molecule has 0 saturated carbocycles. The summed E-state index contributed by atoms with van der Waals surface area (Å²) < 4.78 is 14.2. The van der Waals surface area contributed by atoms with Crippen molar-refractivity contribution < 1.29 is 9.18 Å². The van der Waals surface area contributed by atoms with Crippen LogP contribution < -0.4 is 15.8 Å². The second-order valence-electron chi connectivity index (χ2n) is 5.96. The molecule has 0 radical (unpaired) electrons. The van der Waals surface area contributed by atoms with E-state index in [1.54, 1.807) is 18.3 Å². The van der Waals surface area contributed by atoms with E-state index in [-0.39, 0.29) is 12.4 Å². The Morgan fingerprint density at radius 2 is 2.05 bits per heavy atom. The number of anilines is 2. The molecule has 1 heterocycles. The SMILES string of the molecule is C[Si](C)(C)c1ccc(Nc2cncc(CNC=O)n2)c(F)c1. The molecule has 0 aliphatic heterocycles. The maximum absolute atomic E-state index is 14.2. The number of halogens is 1. The molecule has 2 aromatic rings. The van der Waals surface area contributed by atoms with Gasteiger partial charge in [0, 0.05) is 0 Å². The Morgan fingerprint density at radius 3 is 2.68 bits per heavy atom. The monoisotopic (exact) mass is 318 g/mol. The third-order valence-corrected chi connectivity index (χ3v) is 5.19. The Bertz CT molecular complexity index is 673. The third-order valence-electron chi connectivity index (χ3n) is 3.15. The molecule has 1 amide bonds. The Balaban J connectivity index is 2.18. The fourth-order valence-corrected chi connectivity index (χ4v) is 3.06. The maximum atomic E-state index is 14.2. The lowest BCUT2D eigenvalue weighted by molar-refractivity contribution is -0.109. The van der Waals surface area contributed by atoms with Gasteiger partial charge in [-0.15, -0.1) is 0 Å². The van der Waals surface area contributed by atoms with Crippen molar-refractivity contribution in [1.29, 1.82) is 0 Å². The molecule has 0 atom stereocenters. The average molecular weight is 318 g/mol. The first kappa shape index (κ1) is 16.1. The van der Waals surface area contributed by atoms with Gasteiger partial charge >= 0.3 is 0 Å². The zero-order valence-corrected chi connectivity index (χ0v) is 13.9. The van der Waals surface area contributed by atoms with Crippen LogP contribution in [0.1, 0.15) is 5.69 Å². The van der Waals surface area contributed by atoms with Crippen LogP contribution in [0.2, 0.25) is 19.6 Å². The number of benzene rings is 1. The Morgan fingerprint density at radius 1 is 1.27 bits per heavy atom. The first-order chi connectivity index (χ1) is 10.4. The number of nitrogens with one attached hydrogen (secondary N) is 2. The number of hydrogen-bond donors (Lipinski definition) is 2. The summed E-state index contributed by atoms with van der Waals surface area (Å²) in [5.41, 5.74) is 0.952. The summed E-state index contributed by atoms with van der Waals surface area (Å²) in [5.74, 6) is 0.128. The van der Waals surface area contributed by atoms with E-state index in [9.17, 15) is 9.18 Å². The molecule has 0 aliphatic rings. The molecule has 1 aromatic carbocycles. The summed E-state index contributed by atoms with van der Waals surface area (Å²) in [6, 6.07) is 5.25. The average Bonchev–Trinajstić information content (AvgIpc) is 2.46. The van der Waals surface area contributed by atoms with Gasteiger partial charge in [-0.2, -0.15) is 0 Å². The van der Waals surface area contributed by atoms with Gasteiger partial charge in [0.1, 0.15) is 11.6 Å². The normalized spacial score (nSPS) is 11.1. The van der Waals surface area contributed by atoms with Gasteiger partial charge in [0.2, 0.25) is 6.41 Å². The van der Waals surface area contributed by atoms with E-state index < -0.39 is 8.07 Å². The molecule has 1 aromatic heterocycles. The topological polar surface area (TPSA) is 66.9 Å². The molecule has 0 spiro atoms. The summed E-state index contributed by atoms with van der Waals surface area (Å²) in [5, 5.41) is 6.49. The summed E-state index contributed by atoms with van der Waals surface area (Å²) in [6.45, 7) is 6.79. The van der Waals surface area contributed by atoms with E-state index in [2.05, 4.69) is 40.2 Å². The predicted octanol–water partition coefficient (Wildman–Crippen LogP) is 2.15. The second kappa shape index (κ2) is 6.65. The van der Waals surface area contributed by atoms with Crippen molar-refractivity contribution in [3.63, 3.8) is 0 Å². The quantitative estimate of drug-likeness (QED) is 0.633. The van der Waals surface area contributed by atoms with Crippen LogP contribution in [0.15, 0.2) is 30.6 Å². The minimum atomic E-state index is -1.54. The van der Waals surface area contributed by atoms with Gasteiger partial charge in [-0.25, -0.2) is 9.37 Å². The fraction of sp³-hybridized carbons (Fsp3) is 0.267. The minimum absolute atomic E-state index is 0.281. The lowest BCUT2D eigenvalue weighted by Gasteiger charge is -2.17. The molecule has 5 nitrogen and oxygen atoms in total. The molecule has 22 heavy (non-hydrogen) atoms. The Labute approximate surface area is 130 Å². The van der Waals surface area contributed by atoms with Crippen LogP contribution in [-0.4, -0.2) is 24.5 Å². The summed E-state index contributed by atoms with van der Waals surface area (Å²) in [4.78, 5) is 18.6. The molecule has 0 bridgehead atoms. The highest BCUT2D eigenvalue weighted by Crippen LogP contribution is 2.18.